The average molecular weight is 419 g/mol. The fraction of sp³-hybridized carbons (Fsp3) is 0.652. The average Bonchev–Trinajstić information content (AvgIpc) is 2.74. The largest absolute Gasteiger partial charge is 0.489 e. The van der Waals surface area contributed by atoms with E-state index in [0.29, 0.717) is 35.3 Å². The van der Waals surface area contributed by atoms with Gasteiger partial charge in [0.1, 0.15) is 11.9 Å². The molecule has 1 saturated carbocycles. The first kappa shape index (κ1) is 20.5. The zero-order chi connectivity index (χ0) is 20.4. The quantitative estimate of drug-likeness (QED) is 0.731. The van der Waals surface area contributed by atoms with Gasteiger partial charge in [-0.05, 0) is 42.9 Å². The fourth-order valence-corrected chi connectivity index (χ4v) is 5.37. The molecule has 29 heavy (non-hydrogen) atoms. The summed E-state index contributed by atoms with van der Waals surface area (Å²) in [7, 11) is 0. The van der Waals surface area contributed by atoms with E-state index >= 15 is 0 Å². The zero-order valence-electron chi connectivity index (χ0n) is 17.2. The van der Waals surface area contributed by atoms with Crippen molar-refractivity contribution in [2.75, 3.05) is 26.2 Å². The van der Waals surface area contributed by atoms with Crippen LogP contribution in [0.3, 0.4) is 0 Å². The van der Waals surface area contributed by atoms with Crippen LogP contribution in [0.15, 0.2) is 18.2 Å². The molecule has 0 aromatic heterocycles. The molecule has 4 rings (SSSR count). The van der Waals surface area contributed by atoms with Gasteiger partial charge in [0, 0.05) is 51.0 Å². The summed E-state index contributed by atoms with van der Waals surface area (Å²) in [6.45, 7) is 4.68. The van der Waals surface area contributed by atoms with Gasteiger partial charge < -0.3 is 14.5 Å². The molecular formula is C23H31ClN2O3. The van der Waals surface area contributed by atoms with E-state index in [-0.39, 0.29) is 17.9 Å². The summed E-state index contributed by atoms with van der Waals surface area (Å²) in [6.07, 6.45) is 7.86. The van der Waals surface area contributed by atoms with Crippen molar-refractivity contribution in [1.29, 1.82) is 0 Å². The molecule has 0 radical (unpaired) electrons. The van der Waals surface area contributed by atoms with E-state index in [9.17, 15) is 9.59 Å². The normalized spacial score (nSPS) is 25.4. The third-order valence-corrected chi connectivity index (χ3v) is 7.17. The smallest absolute Gasteiger partial charge is 0.257 e. The van der Waals surface area contributed by atoms with Gasteiger partial charge in [-0.3, -0.25) is 9.59 Å². The maximum absolute atomic E-state index is 13.4. The highest BCUT2D eigenvalue weighted by Crippen LogP contribution is 2.37. The lowest BCUT2D eigenvalue weighted by Gasteiger charge is -2.41. The number of fused-ring (bicyclic) bond motifs is 1. The van der Waals surface area contributed by atoms with Crippen molar-refractivity contribution >= 4 is 23.4 Å². The minimum atomic E-state index is 0.0161. The van der Waals surface area contributed by atoms with Gasteiger partial charge in [-0.25, -0.2) is 0 Å². The predicted octanol–water partition coefficient (Wildman–Crippen LogP) is 4.38. The van der Waals surface area contributed by atoms with Gasteiger partial charge in [-0.15, -0.1) is 0 Å². The van der Waals surface area contributed by atoms with Crippen LogP contribution in [-0.2, 0) is 4.79 Å². The molecule has 2 aliphatic heterocycles. The highest BCUT2D eigenvalue weighted by atomic mass is 35.5. The molecule has 3 aliphatic rings. The number of benzene rings is 1. The highest BCUT2D eigenvalue weighted by molar-refractivity contribution is 6.31. The lowest BCUT2D eigenvalue weighted by molar-refractivity contribution is -0.130. The molecule has 158 valence electrons. The van der Waals surface area contributed by atoms with E-state index in [1.54, 1.807) is 19.1 Å². The van der Waals surface area contributed by atoms with E-state index in [4.69, 9.17) is 16.3 Å². The minimum absolute atomic E-state index is 0.0161. The fourth-order valence-electron chi connectivity index (χ4n) is 5.20. The number of halogens is 1. The van der Waals surface area contributed by atoms with E-state index in [1.165, 1.54) is 25.7 Å². The van der Waals surface area contributed by atoms with Crippen LogP contribution < -0.4 is 4.74 Å². The summed E-state index contributed by atoms with van der Waals surface area (Å²) < 4.78 is 6.24. The molecular weight excluding hydrogens is 388 g/mol. The van der Waals surface area contributed by atoms with Crippen LogP contribution in [0.5, 0.6) is 5.75 Å². The second-order valence-corrected chi connectivity index (χ2v) is 9.24. The van der Waals surface area contributed by atoms with Gasteiger partial charge in [0.05, 0.1) is 5.56 Å². The summed E-state index contributed by atoms with van der Waals surface area (Å²) in [6, 6.07) is 5.35. The first-order chi connectivity index (χ1) is 14.0. The molecule has 5 nitrogen and oxygen atoms in total. The van der Waals surface area contributed by atoms with Crippen LogP contribution in [0.25, 0.3) is 0 Å². The number of nitrogens with zero attached hydrogens (tertiary/aromatic N) is 2. The summed E-state index contributed by atoms with van der Waals surface area (Å²) >= 11 is 6.24. The van der Waals surface area contributed by atoms with Gasteiger partial charge >= 0.3 is 0 Å². The van der Waals surface area contributed by atoms with Crippen molar-refractivity contribution in [3.05, 3.63) is 28.8 Å². The number of hydrogen-bond donors (Lipinski definition) is 0. The molecule has 0 unspecified atom stereocenters. The Labute approximate surface area is 178 Å². The summed E-state index contributed by atoms with van der Waals surface area (Å²) in [4.78, 5) is 28.8. The number of rotatable bonds is 3. The lowest BCUT2D eigenvalue weighted by atomic mass is 9.75. The molecule has 3 fully saturated rings. The minimum Gasteiger partial charge on any atom is -0.489 e. The van der Waals surface area contributed by atoms with Gasteiger partial charge in [-0.1, -0.05) is 30.9 Å². The second-order valence-electron chi connectivity index (χ2n) is 8.81. The van der Waals surface area contributed by atoms with Crippen molar-refractivity contribution < 1.29 is 14.3 Å². The van der Waals surface area contributed by atoms with Gasteiger partial charge in [-0.2, -0.15) is 0 Å². The van der Waals surface area contributed by atoms with Gasteiger partial charge in [0.25, 0.3) is 5.91 Å². The maximum atomic E-state index is 13.4. The Morgan fingerprint density at radius 2 is 1.66 bits per heavy atom. The topological polar surface area (TPSA) is 49.9 Å². The number of ether oxygens (including phenoxy) is 1. The molecule has 0 bridgehead atoms. The van der Waals surface area contributed by atoms with Gasteiger partial charge in [0.15, 0.2) is 0 Å². The van der Waals surface area contributed by atoms with Crippen LogP contribution >= 0.6 is 11.6 Å². The van der Waals surface area contributed by atoms with Gasteiger partial charge in [0.2, 0.25) is 5.91 Å². The van der Waals surface area contributed by atoms with Crippen LogP contribution in [0.2, 0.25) is 5.02 Å². The first-order valence-electron chi connectivity index (χ1n) is 11.0. The van der Waals surface area contributed by atoms with Crippen LogP contribution in [0, 0.1) is 11.8 Å². The summed E-state index contributed by atoms with van der Waals surface area (Å²) in [5.74, 6) is 2.19. The number of carbonyl (C=O) groups excluding carboxylic acids is 2. The van der Waals surface area contributed by atoms with Crippen molar-refractivity contribution in [2.24, 2.45) is 11.8 Å². The van der Waals surface area contributed by atoms with Crippen LogP contribution in [0.4, 0.5) is 0 Å². The first-order valence-corrected chi connectivity index (χ1v) is 11.4. The number of carbonyl (C=O) groups is 2. The Morgan fingerprint density at radius 3 is 2.38 bits per heavy atom. The Hall–Kier alpha value is -1.75. The van der Waals surface area contributed by atoms with Crippen LogP contribution in [-0.4, -0.2) is 53.9 Å². The van der Waals surface area contributed by atoms with E-state index in [2.05, 4.69) is 0 Å². The Balaban J connectivity index is 1.45. The number of amides is 2. The molecule has 6 heteroatoms. The van der Waals surface area contributed by atoms with E-state index in [0.717, 1.165) is 38.3 Å². The lowest BCUT2D eigenvalue weighted by Crippen LogP contribution is -2.45. The molecule has 1 aliphatic carbocycles. The molecule has 1 aromatic carbocycles. The predicted molar refractivity (Wildman–Crippen MR) is 113 cm³/mol. The molecule has 2 heterocycles. The maximum Gasteiger partial charge on any atom is 0.257 e. The molecule has 2 atom stereocenters. The van der Waals surface area contributed by atoms with Crippen molar-refractivity contribution in [3.63, 3.8) is 0 Å². The summed E-state index contributed by atoms with van der Waals surface area (Å²) in [5, 5.41) is 0.555. The molecule has 0 N–H and O–H groups in total. The number of likely N-dealkylation sites (tertiary alicyclic amines) is 2. The van der Waals surface area contributed by atoms with Crippen LogP contribution in [0.1, 0.15) is 62.2 Å². The molecule has 1 aromatic rings. The molecule has 2 amide bonds. The Kier molecular flexibility index (Phi) is 6.33. The van der Waals surface area contributed by atoms with E-state index < -0.39 is 0 Å². The molecule has 0 spiro atoms. The zero-order valence-corrected chi connectivity index (χ0v) is 18.0. The molecule has 2 saturated heterocycles. The monoisotopic (exact) mass is 418 g/mol. The Morgan fingerprint density at radius 1 is 0.966 bits per heavy atom. The third kappa shape index (κ3) is 4.71. The second kappa shape index (κ2) is 8.95. The standard InChI is InChI=1S/C23H31ClN2O3/c1-16(27)25-12-9-20(10-13-25)29-22-7-6-19(24)14-21(22)23(28)26-11-8-17-4-2-3-5-18(17)15-26/h6-7,14,17-18,20H,2-5,8-13,15H2,1H3/t17-,18-/m0/s1. The van der Waals surface area contributed by atoms with Crippen molar-refractivity contribution in [1.82, 2.24) is 9.80 Å². The number of hydrogen-bond acceptors (Lipinski definition) is 3. The van der Waals surface area contributed by atoms with Crippen molar-refractivity contribution in [3.8, 4) is 5.75 Å². The number of piperidine rings is 2. The summed E-state index contributed by atoms with van der Waals surface area (Å²) in [5.41, 5.74) is 0.570. The SMILES string of the molecule is CC(=O)N1CCC(Oc2ccc(Cl)cc2C(=O)N2CC[C@@H]3CCCC[C@H]3C2)CC1. The van der Waals surface area contributed by atoms with E-state index in [1.807, 2.05) is 15.9 Å². The third-order valence-electron chi connectivity index (χ3n) is 6.93. The highest BCUT2D eigenvalue weighted by Gasteiger charge is 2.34. The van der Waals surface area contributed by atoms with Crippen molar-refractivity contribution in [2.45, 2.75) is 58.0 Å². The Bertz CT molecular complexity index is 760.